The van der Waals surface area contributed by atoms with Crippen molar-refractivity contribution in [2.75, 3.05) is 52.4 Å². The fourth-order valence-electron chi connectivity index (χ4n) is 15.5. The molecule has 0 bridgehead atoms. The summed E-state index contributed by atoms with van der Waals surface area (Å²) in [6.45, 7) is 6.40. The van der Waals surface area contributed by atoms with E-state index in [2.05, 4.69) is 50.0 Å². The van der Waals surface area contributed by atoms with Gasteiger partial charge in [0.05, 0.1) is 50.1 Å². The summed E-state index contributed by atoms with van der Waals surface area (Å²) in [5.74, 6) is 0.139. The van der Waals surface area contributed by atoms with Crippen LogP contribution in [0.25, 0.3) is 105 Å². The summed E-state index contributed by atoms with van der Waals surface area (Å²) in [6.07, 6.45) is 16.6. The van der Waals surface area contributed by atoms with Crippen LogP contribution in [0.3, 0.4) is 0 Å². The van der Waals surface area contributed by atoms with E-state index in [9.17, 15) is 17.6 Å². The van der Waals surface area contributed by atoms with Gasteiger partial charge in [-0.05, 0) is 184 Å². The Kier molecular flexibility index (Phi) is 20.1. The molecule has 562 valence electrons. The predicted octanol–water partition coefficient (Wildman–Crippen LogP) is 21.2. The number of aromatic nitrogens is 11. The topological polar surface area (TPSA) is 182 Å². The molecule has 12 heterocycles. The van der Waals surface area contributed by atoms with Gasteiger partial charge in [0, 0.05) is 142 Å². The van der Waals surface area contributed by atoms with Crippen LogP contribution in [0.5, 0.6) is 0 Å². The molecule has 3 aliphatic heterocycles. The third-order valence-corrected chi connectivity index (χ3v) is 20.9. The van der Waals surface area contributed by atoms with Crippen molar-refractivity contribution in [1.82, 2.24) is 54.4 Å². The average Bonchev–Trinajstić information content (AvgIpc) is 1.25. The summed E-state index contributed by atoms with van der Waals surface area (Å²) in [5, 5.41) is 7.25. The number of anilines is 8. The number of fused-ring (bicyclic) bond motifs is 8. The molecular formula is C92H72F6N16. The number of halogens is 6. The molecule has 3 N–H and O–H groups in total. The van der Waals surface area contributed by atoms with E-state index in [4.69, 9.17) is 20.7 Å². The van der Waals surface area contributed by atoms with E-state index < -0.39 is 23.3 Å². The highest BCUT2D eigenvalue weighted by atomic mass is 19.1. The lowest BCUT2D eigenvalue weighted by Crippen LogP contribution is -2.26. The minimum atomic E-state index is -0.530. The molecule has 114 heavy (non-hydrogen) atoms. The number of hydrogen-bond acceptors (Lipinski definition) is 15. The summed E-state index contributed by atoms with van der Waals surface area (Å²) in [6, 6.07) is 63.4. The highest BCUT2D eigenvalue weighted by molar-refractivity contribution is 5.99. The molecule has 3 aliphatic rings. The zero-order chi connectivity index (χ0) is 78.1. The molecule has 0 unspecified atom stereocenters. The number of rotatable bonds is 9. The molecular weight excluding hydrogens is 1440 g/mol. The van der Waals surface area contributed by atoms with Crippen molar-refractivity contribution in [3.05, 3.63) is 319 Å². The van der Waals surface area contributed by atoms with Gasteiger partial charge in [0.25, 0.3) is 0 Å². The Morgan fingerprint density at radius 1 is 0.412 bits per heavy atom. The number of nitrogens with zero attached hydrogens (tertiary/aromatic N) is 14. The first-order valence-electron chi connectivity index (χ1n) is 37.5. The standard InChI is InChI=1S/C24H19F2N3.C24H22FN5.C22H14F2N4.C22H17FN4/c1-15-16-9-6-14-29(21(16)12-13-27-15)24-18-8-3-5-11-20(18)28-23(22(24)26)17-7-2-4-10-19(17)25;1-15-17-7-5-13-30(22(17)11-12-27-15)24-19-10-9-16(26-2)14-21(19)28-23(29-24)18-6-3-4-8-20(18)25;23-15-5-3-4-13(10-15)21-20(24)22(16-6-1-2-7-17(16)27-21)28-9-8-14-12-26-19(25)11-18(14)28;23-18-9-3-1-7-16(18)21-25-19-10-4-2-8-17(19)22(26-21)27-13-5-6-15-14-24-12-11-20(15)27/h2-5,7-8,10-13H,6,9,14H2,1H3;3-4,6,8-12,14,26H,5,7,13H2,1-2H3;1-12H,(H2,25,26);1-4,7-12,14H,5-6,13H2. The van der Waals surface area contributed by atoms with Gasteiger partial charge in [-0.2, -0.15) is 0 Å². The second kappa shape index (κ2) is 31.4. The predicted molar refractivity (Wildman–Crippen MR) is 441 cm³/mol. The summed E-state index contributed by atoms with van der Waals surface area (Å²) < 4.78 is 90.7. The number of nitrogens with one attached hydrogen (secondary N) is 1. The number of pyridine rings is 6. The molecule has 8 aromatic carbocycles. The van der Waals surface area contributed by atoms with E-state index in [1.807, 2.05) is 153 Å². The maximum Gasteiger partial charge on any atom is 0.174 e. The van der Waals surface area contributed by atoms with E-state index in [0.717, 1.165) is 136 Å². The Morgan fingerprint density at radius 3 is 1.56 bits per heavy atom. The Bertz CT molecular complexity index is 6560. The molecule has 0 amide bonds. The van der Waals surface area contributed by atoms with Gasteiger partial charge in [-0.25, -0.2) is 61.2 Å². The Hall–Kier alpha value is -14.0. The maximum atomic E-state index is 16.0. The van der Waals surface area contributed by atoms with Crippen LogP contribution >= 0.6 is 0 Å². The van der Waals surface area contributed by atoms with Crippen molar-refractivity contribution in [3.63, 3.8) is 0 Å². The molecule has 20 rings (SSSR count). The number of benzene rings is 8. The third-order valence-electron chi connectivity index (χ3n) is 20.9. The van der Waals surface area contributed by atoms with Crippen molar-refractivity contribution in [1.29, 1.82) is 0 Å². The molecule has 0 radical (unpaired) electrons. The first-order chi connectivity index (χ1) is 55.7. The number of nitrogen functional groups attached to an aromatic ring is 1. The van der Waals surface area contributed by atoms with E-state index in [0.29, 0.717) is 73.9 Å². The van der Waals surface area contributed by atoms with Gasteiger partial charge in [-0.3, -0.25) is 15.0 Å². The molecule has 16 nitrogen and oxygen atoms in total. The normalized spacial score (nSPS) is 13.0. The molecule has 0 atom stereocenters. The molecule has 0 saturated carbocycles. The zero-order valence-corrected chi connectivity index (χ0v) is 62.2. The van der Waals surface area contributed by atoms with Crippen LogP contribution in [-0.2, 0) is 19.3 Å². The first-order valence-corrected chi connectivity index (χ1v) is 37.5. The maximum absolute atomic E-state index is 16.0. The van der Waals surface area contributed by atoms with E-state index in [1.54, 1.807) is 96.1 Å². The summed E-state index contributed by atoms with van der Waals surface area (Å²) in [5.41, 5.74) is 21.4. The minimum absolute atomic E-state index is 0.0368. The van der Waals surface area contributed by atoms with Crippen LogP contribution in [0.2, 0.25) is 0 Å². The highest BCUT2D eigenvalue weighted by Gasteiger charge is 2.30. The van der Waals surface area contributed by atoms with E-state index in [1.165, 1.54) is 47.5 Å². The minimum Gasteiger partial charge on any atom is -0.388 e. The second-order valence-corrected chi connectivity index (χ2v) is 27.9. The largest absolute Gasteiger partial charge is 0.388 e. The molecule has 9 aromatic heterocycles. The van der Waals surface area contributed by atoms with Crippen LogP contribution in [0.1, 0.15) is 47.3 Å². The first kappa shape index (κ1) is 72.8. The fraction of sp³-hybridized carbons (Fsp3) is 0.130. The Morgan fingerprint density at radius 2 is 0.930 bits per heavy atom. The van der Waals surface area contributed by atoms with Gasteiger partial charge in [-0.1, -0.05) is 97.1 Å². The lowest BCUT2D eigenvalue weighted by molar-refractivity contribution is 0.609. The van der Waals surface area contributed by atoms with Crippen molar-refractivity contribution < 1.29 is 26.3 Å². The van der Waals surface area contributed by atoms with Crippen molar-refractivity contribution >= 4 is 100 Å². The van der Waals surface area contributed by atoms with Gasteiger partial charge in [-0.15, -0.1) is 0 Å². The van der Waals surface area contributed by atoms with Crippen molar-refractivity contribution in [2.45, 2.75) is 52.4 Å². The summed E-state index contributed by atoms with van der Waals surface area (Å²) in [4.78, 5) is 51.6. The average molecular weight is 1520 g/mol. The fourth-order valence-corrected chi connectivity index (χ4v) is 15.5. The highest BCUT2D eigenvalue weighted by Crippen LogP contribution is 2.45. The monoisotopic (exact) mass is 1510 g/mol. The molecule has 0 fully saturated rings. The number of hydrogen-bond donors (Lipinski definition) is 2. The van der Waals surface area contributed by atoms with Crippen molar-refractivity contribution in [3.8, 4) is 51.0 Å². The van der Waals surface area contributed by atoms with Gasteiger partial charge >= 0.3 is 0 Å². The van der Waals surface area contributed by atoms with Crippen LogP contribution in [-0.4, -0.2) is 81.1 Å². The Labute approximate surface area is 652 Å². The lowest BCUT2D eigenvalue weighted by atomic mass is 9.98. The van der Waals surface area contributed by atoms with Gasteiger partial charge in [0.2, 0.25) is 0 Å². The number of aryl methyl sites for hydroxylation is 3. The number of para-hydroxylation sites is 3. The summed E-state index contributed by atoms with van der Waals surface area (Å²) in [7, 11) is 1.87. The second-order valence-electron chi connectivity index (χ2n) is 27.9. The van der Waals surface area contributed by atoms with Crippen LogP contribution < -0.4 is 25.8 Å². The van der Waals surface area contributed by atoms with Gasteiger partial charge in [0.15, 0.2) is 23.3 Å². The number of nitrogens with two attached hydrogens (primary N) is 1. The quantitative estimate of drug-likeness (QED) is 0.130. The van der Waals surface area contributed by atoms with E-state index >= 15 is 8.78 Å². The lowest BCUT2D eigenvalue weighted by Gasteiger charge is -2.33. The van der Waals surface area contributed by atoms with Crippen LogP contribution in [0.15, 0.2) is 256 Å². The molecule has 22 heteroatoms. The Balaban J connectivity index is 0.000000110. The molecule has 0 spiro atoms. The summed E-state index contributed by atoms with van der Waals surface area (Å²) >= 11 is 0. The van der Waals surface area contributed by atoms with E-state index in [-0.39, 0.29) is 28.6 Å². The molecule has 0 aliphatic carbocycles. The molecule has 0 saturated heterocycles. The third kappa shape index (κ3) is 14.1. The molecule has 17 aromatic rings. The van der Waals surface area contributed by atoms with Crippen LogP contribution in [0, 0.1) is 48.8 Å². The smallest absolute Gasteiger partial charge is 0.174 e. The zero-order valence-electron chi connectivity index (χ0n) is 62.2. The van der Waals surface area contributed by atoms with Gasteiger partial charge < -0.3 is 30.3 Å². The van der Waals surface area contributed by atoms with Crippen molar-refractivity contribution in [2.24, 2.45) is 0 Å². The van der Waals surface area contributed by atoms with Gasteiger partial charge in [0.1, 0.15) is 52.1 Å². The van der Waals surface area contributed by atoms with Crippen LogP contribution in [0.4, 0.5) is 72.2 Å². The SMILES string of the molecule is CNc1ccc2c(N3CCCc4c3ccnc4C)nc(-c3ccccc3F)nc2c1.Cc1nccc2c1CCCN2c1c(F)c(-c2ccccc2F)nc2ccccc12.Fc1ccccc1-c1nc(N2CCCc3cnccc32)c2ccccc2n1.Nc1cc2c(ccn2-c2c(F)c(-c3cccc(F)c3)nc3ccccc23)cn1.